The fourth-order valence-electron chi connectivity index (χ4n) is 1.67. The quantitative estimate of drug-likeness (QED) is 0.901. The summed E-state index contributed by atoms with van der Waals surface area (Å²) in [6.07, 6.45) is 1.28. The zero-order valence-electron chi connectivity index (χ0n) is 11.0. The van der Waals surface area contributed by atoms with Crippen molar-refractivity contribution in [2.45, 2.75) is 0 Å². The monoisotopic (exact) mass is 290 g/mol. The van der Waals surface area contributed by atoms with Crippen molar-refractivity contribution in [2.75, 3.05) is 12.4 Å². The predicted octanol–water partition coefficient (Wildman–Crippen LogP) is 2.18. The number of amides is 1. The number of aromatic carboxylic acids is 1. The lowest BCUT2D eigenvalue weighted by Gasteiger charge is -2.09. The highest BCUT2D eigenvalue weighted by Crippen LogP contribution is 2.21. The van der Waals surface area contributed by atoms with Gasteiger partial charge < -0.3 is 15.2 Å². The van der Waals surface area contributed by atoms with Crippen molar-refractivity contribution in [1.29, 1.82) is 0 Å². The Hall–Kier alpha value is -2.96. The number of carbonyl (C=O) groups excluding carboxylic acids is 1. The van der Waals surface area contributed by atoms with E-state index in [-0.39, 0.29) is 16.9 Å². The molecule has 1 aromatic carbocycles. The summed E-state index contributed by atoms with van der Waals surface area (Å²) >= 11 is 0. The Morgan fingerprint density at radius 3 is 2.76 bits per heavy atom. The van der Waals surface area contributed by atoms with Crippen molar-refractivity contribution in [3.63, 3.8) is 0 Å². The van der Waals surface area contributed by atoms with Crippen LogP contribution in [-0.4, -0.2) is 29.1 Å². The largest absolute Gasteiger partial charge is 0.497 e. The van der Waals surface area contributed by atoms with Gasteiger partial charge in [-0.15, -0.1) is 0 Å². The van der Waals surface area contributed by atoms with Crippen molar-refractivity contribution in [2.24, 2.45) is 0 Å². The number of nitrogens with zero attached hydrogens (tertiary/aromatic N) is 1. The third-order valence-corrected chi connectivity index (χ3v) is 2.67. The molecule has 7 heteroatoms. The first-order chi connectivity index (χ1) is 10.0. The minimum absolute atomic E-state index is 0.124. The van der Waals surface area contributed by atoms with E-state index in [0.29, 0.717) is 5.75 Å². The molecule has 108 valence electrons. The molecule has 0 radical (unpaired) electrons. The third-order valence-electron chi connectivity index (χ3n) is 2.67. The summed E-state index contributed by atoms with van der Waals surface area (Å²) in [6.45, 7) is 0. The maximum Gasteiger partial charge on any atom is 0.338 e. The summed E-state index contributed by atoms with van der Waals surface area (Å²) in [4.78, 5) is 26.8. The van der Waals surface area contributed by atoms with E-state index < -0.39 is 17.7 Å². The van der Waals surface area contributed by atoms with Crippen LogP contribution >= 0.6 is 0 Å². The smallest absolute Gasteiger partial charge is 0.338 e. The average Bonchev–Trinajstić information content (AvgIpc) is 2.49. The van der Waals surface area contributed by atoms with E-state index >= 15 is 0 Å². The van der Waals surface area contributed by atoms with Gasteiger partial charge in [0.25, 0.3) is 5.91 Å². The molecule has 0 aliphatic rings. The van der Waals surface area contributed by atoms with Crippen molar-refractivity contribution in [1.82, 2.24) is 4.98 Å². The van der Waals surface area contributed by atoms with Crippen molar-refractivity contribution in [3.05, 3.63) is 53.6 Å². The lowest BCUT2D eigenvalue weighted by Crippen LogP contribution is -2.18. The number of rotatable bonds is 4. The van der Waals surface area contributed by atoms with Crippen LogP contribution < -0.4 is 10.1 Å². The normalized spacial score (nSPS) is 10.0. The van der Waals surface area contributed by atoms with E-state index in [9.17, 15) is 14.0 Å². The number of hydrogen-bond donors (Lipinski definition) is 2. The number of hydrogen-bond acceptors (Lipinski definition) is 4. The molecule has 0 spiro atoms. The lowest BCUT2D eigenvalue weighted by atomic mass is 10.2. The molecule has 2 rings (SSSR count). The van der Waals surface area contributed by atoms with Crippen LogP contribution in [0.1, 0.15) is 20.8 Å². The molecule has 21 heavy (non-hydrogen) atoms. The number of carbonyl (C=O) groups is 2. The second-order valence-corrected chi connectivity index (χ2v) is 4.00. The molecule has 0 saturated carbocycles. The van der Waals surface area contributed by atoms with Crippen molar-refractivity contribution >= 4 is 17.6 Å². The molecule has 0 unspecified atom stereocenters. The fourth-order valence-corrected chi connectivity index (χ4v) is 1.67. The SMILES string of the molecule is COc1ccc(F)c(NC(=O)c2ncccc2C(=O)O)c1. The van der Waals surface area contributed by atoms with Gasteiger partial charge in [-0.05, 0) is 24.3 Å². The number of carboxylic acids is 1. The van der Waals surface area contributed by atoms with Crippen molar-refractivity contribution < 1.29 is 23.8 Å². The molecule has 0 bridgehead atoms. The number of carboxylic acid groups (broad SMARTS) is 1. The minimum Gasteiger partial charge on any atom is -0.497 e. The van der Waals surface area contributed by atoms with E-state index in [1.54, 1.807) is 0 Å². The summed E-state index contributed by atoms with van der Waals surface area (Å²) in [7, 11) is 1.40. The minimum atomic E-state index is -1.29. The van der Waals surface area contributed by atoms with Gasteiger partial charge in [0.15, 0.2) is 0 Å². The van der Waals surface area contributed by atoms with Crippen LogP contribution in [0.2, 0.25) is 0 Å². The number of ether oxygens (including phenoxy) is 1. The predicted molar refractivity (Wildman–Crippen MR) is 72.1 cm³/mol. The van der Waals surface area contributed by atoms with Gasteiger partial charge in [-0.3, -0.25) is 9.78 Å². The summed E-state index contributed by atoms with van der Waals surface area (Å²) < 4.78 is 18.6. The summed E-state index contributed by atoms with van der Waals surface area (Å²) in [5, 5.41) is 11.3. The number of anilines is 1. The van der Waals surface area contributed by atoms with Crippen LogP contribution in [-0.2, 0) is 0 Å². The first-order valence-corrected chi connectivity index (χ1v) is 5.86. The maximum atomic E-state index is 13.6. The van der Waals surface area contributed by atoms with Crippen LogP contribution in [0.15, 0.2) is 36.5 Å². The highest BCUT2D eigenvalue weighted by Gasteiger charge is 2.18. The average molecular weight is 290 g/mol. The van der Waals surface area contributed by atoms with E-state index in [1.165, 1.54) is 37.6 Å². The van der Waals surface area contributed by atoms with Gasteiger partial charge in [-0.25, -0.2) is 9.18 Å². The van der Waals surface area contributed by atoms with Crippen LogP contribution in [0.4, 0.5) is 10.1 Å². The first-order valence-electron chi connectivity index (χ1n) is 5.86. The second kappa shape index (κ2) is 6.00. The molecule has 1 aromatic heterocycles. The Balaban J connectivity index is 2.33. The molecule has 1 heterocycles. The standard InChI is InChI=1S/C14H11FN2O4/c1-21-8-4-5-10(15)11(7-8)17-13(18)12-9(14(19)20)3-2-6-16-12/h2-7H,1H3,(H,17,18)(H,19,20). The maximum absolute atomic E-state index is 13.6. The molecular formula is C14H11FN2O4. The molecule has 1 amide bonds. The zero-order chi connectivity index (χ0) is 15.4. The van der Waals surface area contributed by atoms with Gasteiger partial charge in [-0.2, -0.15) is 0 Å². The molecule has 6 nitrogen and oxygen atoms in total. The molecule has 0 aliphatic heterocycles. The summed E-state index contributed by atoms with van der Waals surface area (Å²) in [5.74, 6) is -2.43. The van der Waals surface area contributed by atoms with Gasteiger partial charge in [-0.1, -0.05) is 0 Å². The molecule has 0 saturated heterocycles. The topological polar surface area (TPSA) is 88.5 Å². The number of benzene rings is 1. The number of halogens is 1. The van der Waals surface area contributed by atoms with Gasteiger partial charge >= 0.3 is 5.97 Å². The number of pyridine rings is 1. The number of nitrogens with one attached hydrogen (secondary N) is 1. The van der Waals surface area contributed by atoms with Crippen LogP contribution in [0.5, 0.6) is 5.75 Å². The summed E-state index contributed by atoms with van der Waals surface area (Å²) in [6, 6.07) is 6.45. The molecule has 2 aromatic rings. The van der Waals surface area contributed by atoms with E-state index in [4.69, 9.17) is 9.84 Å². The first kappa shape index (κ1) is 14.4. The molecule has 0 atom stereocenters. The van der Waals surface area contributed by atoms with Gasteiger partial charge in [0.05, 0.1) is 18.4 Å². The number of aromatic nitrogens is 1. The molecule has 0 fully saturated rings. The van der Waals surface area contributed by atoms with Crippen LogP contribution in [0, 0.1) is 5.82 Å². The van der Waals surface area contributed by atoms with E-state index in [2.05, 4.69) is 10.3 Å². The molecule has 0 aliphatic carbocycles. The van der Waals surface area contributed by atoms with Gasteiger partial charge in [0.2, 0.25) is 0 Å². The Labute approximate surface area is 119 Å². The molecular weight excluding hydrogens is 279 g/mol. The highest BCUT2D eigenvalue weighted by molar-refractivity contribution is 6.09. The lowest BCUT2D eigenvalue weighted by molar-refractivity contribution is 0.0691. The highest BCUT2D eigenvalue weighted by atomic mass is 19.1. The van der Waals surface area contributed by atoms with E-state index in [0.717, 1.165) is 6.07 Å². The third kappa shape index (κ3) is 3.14. The Kier molecular flexibility index (Phi) is 4.13. The van der Waals surface area contributed by atoms with Crippen LogP contribution in [0.25, 0.3) is 0 Å². The second-order valence-electron chi connectivity index (χ2n) is 4.00. The van der Waals surface area contributed by atoms with E-state index in [1.807, 2.05) is 0 Å². The number of methoxy groups -OCH3 is 1. The fraction of sp³-hybridized carbons (Fsp3) is 0.0714. The van der Waals surface area contributed by atoms with Crippen LogP contribution in [0.3, 0.4) is 0 Å². The molecule has 2 N–H and O–H groups in total. The summed E-state index contributed by atoms with van der Waals surface area (Å²) in [5.41, 5.74) is -0.688. The Morgan fingerprint density at radius 2 is 2.10 bits per heavy atom. The zero-order valence-corrected chi connectivity index (χ0v) is 11.0. The Bertz CT molecular complexity index is 703. The van der Waals surface area contributed by atoms with Gasteiger partial charge in [0, 0.05) is 12.3 Å². The van der Waals surface area contributed by atoms with Gasteiger partial charge in [0.1, 0.15) is 17.3 Å². The Morgan fingerprint density at radius 1 is 1.33 bits per heavy atom. The van der Waals surface area contributed by atoms with Crippen molar-refractivity contribution in [3.8, 4) is 5.75 Å².